The number of amides is 2. The van der Waals surface area contributed by atoms with E-state index in [9.17, 15) is 22.4 Å². The molecule has 7 nitrogen and oxygen atoms in total. The van der Waals surface area contributed by atoms with Crippen molar-refractivity contribution in [1.29, 1.82) is 0 Å². The van der Waals surface area contributed by atoms with E-state index in [0.717, 1.165) is 22.7 Å². The van der Waals surface area contributed by atoms with Gasteiger partial charge in [0.15, 0.2) is 0 Å². The molecule has 0 bridgehead atoms. The van der Waals surface area contributed by atoms with E-state index >= 15 is 0 Å². The van der Waals surface area contributed by atoms with Gasteiger partial charge < -0.3 is 10.2 Å². The Hall–Kier alpha value is -2.07. The molecular weight excluding hydrogens is 552 g/mol. The molecule has 0 saturated heterocycles. The van der Waals surface area contributed by atoms with Gasteiger partial charge in [-0.2, -0.15) is 0 Å². The van der Waals surface area contributed by atoms with Crippen LogP contribution in [0.3, 0.4) is 0 Å². The first kappa shape index (κ1) is 30.2. The lowest BCUT2D eigenvalue weighted by Crippen LogP contribution is -2.52. The van der Waals surface area contributed by atoms with Gasteiger partial charge in [-0.3, -0.25) is 13.9 Å². The summed E-state index contributed by atoms with van der Waals surface area (Å²) in [5.41, 5.74) is 0.422. The first-order valence-corrected chi connectivity index (χ1v) is 14.2. The van der Waals surface area contributed by atoms with Gasteiger partial charge in [-0.25, -0.2) is 12.8 Å². The summed E-state index contributed by atoms with van der Waals surface area (Å²) in [5, 5.41) is 3.11. The molecule has 2 aromatic carbocycles. The predicted octanol–water partition coefficient (Wildman–Crippen LogP) is 5.13. The highest BCUT2D eigenvalue weighted by molar-refractivity contribution is 7.92. The van der Waals surface area contributed by atoms with Gasteiger partial charge in [-0.05, 0) is 42.7 Å². The summed E-state index contributed by atoms with van der Waals surface area (Å²) in [4.78, 5) is 28.0. The van der Waals surface area contributed by atoms with Crippen molar-refractivity contribution in [2.45, 2.75) is 39.8 Å². The second-order valence-corrected chi connectivity index (χ2v) is 11.8. The third kappa shape index (κ3) is 7.96. The minimum absolute atomic E-state index is 0.00489. The maximum absolute atomic E-state index is 13.7. The summed E-state index contributed by atoms with van der Waals surface area (Å²) in [5.74, 6) is -1.62. The van der Waals surface area contributed by atoms with E-state index in [2.05, 4.69) is 5.32 Å². The summed E-state index contributed by atoms with van der Waals surface area (Å²) in [6.45, 7) is 5.22. The second kappa shape index (κ2) is 12.9. The number of hydrogen-bond acceptors (Lipinski definition) is 4. The maximum atomic E-state index is 13.7. The van der Waals surface area contributed by atoms with E-state index in [-0.39, 0.29) is 29.6 Å². The highest BCUT2D eigenvalue weighted by Crippen LogP contribution is 2.28. The Bertz CT molecular complexity index is 1190. The number of rotatable bonds is 11. The lowest BCUT2D eigenvalue weighted by Gasteiger charge is -2.33. The molecule has 1 N–H and O–H groups in total. The maximum Gasteiger partial charge on any atom is 0.244 e. The quantitative estimate of drug-likeness (QED) is 0.399. The number of halogens is 4. The van der Waals surface area contributed by atoms with Gasteiger partial charge in [0.2, 0.25) is 21.8 Å². The van der Waals surface area contributed by atoms with Crippen molar-refractivity contribution in [2.24, 2.45) is 5.92 Å². The summed E-state index contributed by atoms with van der Waals surface area (Å²) in [6.07, 6.45) is 1.17. The zero-order chi connectivity index (χ0) is 27.2. The molecule has 198 valence electrons. The van der Waals surface area contributed by atoms with E-state index in [1.165, 1.54) is 11.0 Å². The molecule has 12 heteroatoms. The Morgan fingerprint density at radius 2 is 1.67 bits per heavy atom. The van der Waals surface area contributed by atoms with Crippen molar-refractivity contribution in [1.82, 2.24) is 10.2 Å². The largest absolute Gasteiger partial charge is 0.354 e. The van der Waals surface area contributed by atoms with Gasteiger partial charge in [-0.15, -0.1) is 0 Å². The first-order valence-electron chi connectivity index (χ1n) is 11.2. The molecule has 0 aliphatic heterocycles. The molecule has 0 aromatic heterocycles. The number of nitrogens with zero attached hydrogens (tertiary/aromatic N) is 2. The standard InChI is InChI=1S/C24H29Cl3FN3O4S/c1-5-22(24(33)29-12-15(2)3)30(13-17-18(25)7-6-8-19(17)26)23(32)14-31(36(4,34)35)16-9-10-21(28)20(27)11-16/h6-11,15,22H,5,12-14H2,1-4H3,(H,29,33)/t22-/m1/s1. The smallest absolute Gasteiger partial charge is 0.244 e. The summed E-state index contributed by atoms with van der Waals surface area (Å²) in [6, 6.07) is 7.27. The van der Waals surface area contributed by atoms with Crippen molar-refractivity contribution in [3.05, 3.63) is 62.8 Å². The molecule has 0 saturated carbocycles. The van der Waals surface area contributed by atoms with Crippen LogP contribution in [0.2, 0.25) is 15.1 Å². The van der Waals surface area contributed by atoms with Gasteiger partial charge in [0.05, 0.1) is 17.0 Å². The molecule has 0 aliphatic carbocycles. The Balaban J connectivity index is 2.50. The molecule has 0 aliphatic rings. The van der Waals surface area contributed by atoms with E-state index < -0.39 is 40.2 Å². The highest BCUT2D eigenvalue weighted by atomic mass is 35.5. The monoisotopic (exact) mass is 579 g/mol. The van der Waals surface area contributed by atoms with Crippen LogP contribution in [0.4, 0.5) is 10.1 Å². The first-order chi connectivity index (χ1) is 16.8. The van der Waals surface area contributed by atoms with Crippen molar-refractivity contribution in [2.75, 3.05) is 23.7 Å². The molecule has 0 radical (unpaired) electrons. The van der Waals surface area contributed by atoms with Crippen LogP contribution >= 0.6 is 34.8 Å². The van der Waals surface area contributed by atoms with E-state index in [1.54, 1.807) is 25.1 Å². The molecule has 0 spiro atoms. The molecule has 2 amide bonds. The van der Waals surface area contributed by atoms with Gasteiger partial charge in [0.1, 0.15) is 18.4 Å². The zero-order valence-corrected chi connectivity index (χ0v) is 23.5. The number of hydrogen-bond donors (Lipinski definition) is 1. The molecular formula is C24H29Cl3FN3O4S. The second-order valence-electron chi connectivity index (χ2n) is 8.65. The SMILES string of the molecule is CC[C@H](C(=O)NCC(C)C)N(Cc1c(Cl)cccc1Cl)C(=O)CN(c1ccc(F)c(Cl)c1)S(C)(=O)=O. The number of nitrogens with one attached hydrogen (secondary N) is 1. The molecule has 2 rings (SSSR count). The van der Waals surface area contributed by atoms with Crippen LogP contribution in [0.1, 0.15) is 32.8 Å². The van der Waals surface area contributed by atoms with Crippen LogP contribution in [0.15, 0.2) is 36.4 Å². The van der Waals surface area contributed by atoms with Gasteiger partial charge >= 0.3 is 0 Å². The fourth-order valence-corrected chi connectivity index (χ4v) is 4.98. The number of carbonyl (C=O) groups is 2. The van der Waals surface area contributed by atoms with E-state index in [4.69, 9.17) is 34.8 Å². The van der Waals surface area contributed by atoms with Gasteiger partial charge in [0.25, 0.3) is 0 Å². The highest BCUT2D eigenvalue weighted by Gasteiger charge is 2.32. The van der Waals surface area contributed by atoms with Crippen molar-refractivity contribution in [3.63, 3.8) is 0 Å². The predicted molar refractivity (Wildman–Crippen MR) is 143 cm³/mol. The topological polar surface area (TPSA) is 86.8 Å². The van der Waals surface area contributed by atoms with Crippen molar-refractivity contribution in [3.8, 4) is 0 Å². The van der Waals surface area contributed by atoms with Crippen LogP contribution in [-0.4, -0.2) is 50.5 Å². The van der Waals surface area contributed by atoms with Crippen LogP contribution < -0.4 is 9.62 Å². The van der Waals surface area contributed by atoms with E-state index in [0.29, 0.717) is 22.2 Å². The lowest BCUT2D eigenvalue weighted by atomic mass is 10.1. The van der Waals surface area contributed by atoms with Crippen LogP contribution in [-0.2, 0) is 26.2 Å². The number of carbonyl (C=O) groups excluding carboxylic acids is 2. The lowest BCUT2D eigenvalue weighted by molar-refractivity contribution is -0.140. The minimum atomic E-state index is -3.99. The summed E-state index contributed by atoms with van der Waals surface area (Å²) in [7, 11) is -3.99. The Kier molecular flexibility index (Phi) is 10.8. The van der Waals surface area contributed by atoms with E-state index in [1.807, 2.05) is 13.8 Å². The summed E-state index contributed by atoms with van der Waals surface area (Å²) >= 11 is 18.5. The van der Waals surface area contributed by atoms with Crippen molar-refractivity contribution < 1.29 is 22.4 Å². The third-order valence-electron chi connectivity index (χ3n) is 5.33. The average molecular weight is 581 g/mol. The Morgan fingerprint density at radius 1 is 1.06 bits per heavy atom. The van der Waals surface area contributed by atoms with Gasteiger partial charge in [-0.1, -0.05) is 61.6 Å². The Labute approximate surface area is 226 Å². The molecule has 1 atom stereocenters. The minimum Gasteiger partial charge on any atom is -0.354 e. The average Bonchev–Trinajstić information content (AvgIpc) is 2.78. The number of sulfonamides is 1. The molecule has 0 heterocycles. The van der Waals surface area contributed by atoms with Crippen molar-refractivity contribution >= 4 is 62.3 Å². The van der Waals surface area contributed by atoms with Crippen LogP contribution in [0.25, 0.3) is 0 Å². The third-order valence-corrected chi connectivity index (χ3v) is 7.47. The number of anilines is 1. The zero-order valence-electron chi connectivity index (χ0n) is 20.4. The van der Waals surface area contributed by atoms with Gasteiger partial charge in [0, 0.05) is 28.7 Å². The molecule has 36 heavy (non-hydrogen) atoms. The normalized spacial score (nSPS) is 12.4. The molecule has 2 aromatic rings. The molecule has 0 fully saturated rings. The van der Waals surface area contributed by atoms with Crippen LogP contribution in [0, 0.1) is 11.7 Å². The number of benzene rings is 2. The summed E-state index contributed by atoms with van der Waals surface area (Å²) < 4.78 is 39.7. The fourth-order valence-electron chi connectivity index (χ4n) is 3.45. The Morgan fingerprint density at radius 3 is 2.17 bits per heavy atom. The van der Waals surface area contributed by atoms with Crippen LogP contribution in [0.5, 0.6) is 0 Å². The fraction of sp³-hybridized carbons (Fsp3) is 0.417. The molecule has 0 unspecified atom stereocenters.